The fraction of sp³-hybridized carbons (Fsp3) is 0.240. The maximum atomic E-state index is 12.8. The second kappa shape index (κ2) is 9.50. The number of ether oxygens (including phenoxy) is 1. The lowest BCUT2D eigenvalue weighted by atomic mass is 10.1. The Bertz CT molecular complexity index is 1310. The lowest BCUT2D eigenvalue weighted by molar-refractivity contribution is 0.102. The van der Waals surface area contributed by atoms with E-state index in [9.17, 15) is 4.79 Å². The minimum absolute atomic E-state index is 0.215. The Morgan fingerprint density at radius 3 is 2.64 bits per heavy atom. The highest BCUT2D eigenvalue weighted by Gasteiger charge is 2.17. The summed E-state index contributed by atoms with van der Waals surface area (Å²) >= 11 is 6.09. The maximum Gasteiger partial charge on any atom is 0.276 e. The van der Waals surface area contributed by atoms with Crippen LogP contribution in [0.5, 0.6) is 5.75 Å². The molecule has 0 bridgehead atoms. The molecule has 0 unspecified atom stereocenters. The van der Waals surface area contributed by atoms with Crippen LogP contribution >= 0.6 is 11.6 Å². The number of halogens is 1. The predicted molar refractivity (Wildman–Crippen MR) is 129 cm³/mol. The van der Waals surface area contributed by atoms with E-state index in [1.807, 2.05) is 68.8 Å². The summed E-state index contributed by atoms with van der Waals surface area (Å²) in [5.41, 5.74) is 5.86. The Kier molecular flexibility index (Phi) is 6.51. The molecule has 0 atom stereocenters. The van der Waals surface area contributed by atoms with Crippen molar-refractivity contribution >= 4 is 23.2 Å². The van der Waals surface area contributed by atoms with Gasteiger partial charge in [0.1, 0.15) is 5.75 Å². The smallest absolute Gasteiger partial charge is 0.276 e. The molecule has 1 amide bonds. The molecule has 33 heavy (non-hydrogen) atoms. The molecule has 2 heterocycles. The summed E-state index contributed by atoms with van der Waals surface area (Å²) in [5.74, 6) is 0.495. The SMILES string of the molecule is Cc1ccc(OCn2ccc(C(=O)Nc3c(C)nn(Cc4cccc(Cl)c4)c3C)n2)c(C)c1. The zero-order chi connectivity index (χ0) is 23.5. The molecule has 0 saturated carbocycles. The first-order valence-corrected chi connectivity index (χ1v) is 11.0. The van der Waals surface area contributed by atoms with E-state index < -0.39 is 0 Å². The van der Waals surface area contributed by atoms with Crippen molar-refractivity contribution in [2.45, 2.75) is 41.0 Å². The van der Waals surface area contributed by atoms with Crippen LogP contribution in [0.15, 0.2) is 54.7 Å². The van der Waals surface area contributed by atoms with E-state index in [0.717, 1.165) is 28.3 Å². The normalized spacial score (nSPS) is 10.9. The first kappa shape index (κ1) is 22.6. The standard InChI is InChI=1S/C25H26ClN5O2/c1-16-8-9-23(17(2)12-16)33-15-30-11-10-22(29-30)25(32)27-24-18(3)28-31(19(24)4)14-20-6-5-7-21(26)13-20/h5-13H,14-15H2,1-4H3,(H,27,32). The molecule has 1 N–H and O–H groups in total. The van der Waals surface area contributed by atoms with Crippen molar-refractivity contribution < 1.29 is 9.53 Å². The second-order valence-corrected chi connectivity index (χ2v) is 8.51. The van der Waals surface area contributed by atoms with Crippen molar-refractivity contribution in [3.63, 3.8) is 0 Å². The molecular formula is C25H26ClN5O2. The van der Waals surface area contributed by atoms with Gasteiger partial charge in [-0.25, -0.2) is 4.68 Å². The van der Waals surface area contributed by atoms with Crippen LogP contribution in [-0.4, -0.2) is 25.5 Å². The van der Waals surface area contributed by atoms with Gasteiger partial charge in [0.15, 0.2) is 12.4 Å². The average molecular weight is 464 g/mol. The number of amides is 1. The Hall–Kier alpha value is -3.58. The highest BCUT2D eigenvalue weighted by molar-refractivity contribution is 6.30. The summed E-state index contributed by atoms with van der Waals surface area (Å²) in [5, 5.41) is 12.6. The Morgan fingerprint density at radius 1 is 1.06 bits per heavy atom. The van der Waals surface area contributed by atoms with Gasteiger partial charge in [0.25, 0.3) is 5.91 Å². The molecule has 4 rings (SSSR count). The number of anilines is 1. The molecule has 2 aromatic carbocycles. The molecule has 8 heteroatoms. The number of carbonyl (C=O) groups excluding carboxylic acids is 1. The van der Waals surface area contributed by atoms with Crippen LogP contribution in [0.3, 0.4) is 0 Å². The molecule has 0 aliphatic carbocycles. The lowest BCUT2D eigenvalue weighted by Gasteiger charge is -2.09. The molecule has 0 radical (unpaired) electrons. The molecule has 170 valence electrons. The van der Waals surface area contributed by atoms with Crippen molar-refractivity contribution in [1.82, 2.24) is 19.6 Å². The van der Waals surface area contributed by atoms with Gasteiger partial charge in [0.2, 0.25) is 0 Å². The maximum absolute atomic E-state index is 12.8. The van der Waals surface area contributed by atoms with E-state index in [0.29, 0.717) is 22.9 Å². The first-order valence-electron chi connectivity index (χ1n) is 10.6. The van der Waals surface area contributed by atoms with Crippen LogP contribution in [0.1, 0.15) is 38.6 Å². The molecule has 4 aromatic rings. The Morgan fingerprint density at radius 2 is 1.88 bits per heavy atom. The van der Waals surface area contributed by atoms with Gasteiger partial charge in [-0.3, -0.25) is 9.48 Å². The third-order valence-corrected chi connectivity index (χ3v) is 5.63. The summed E-state index contributed by atoms with van der Waals surface area (Å²) in [6.45, 7) is 8.62. The number of rotatable bonds is 7. The van der Waals surface area contributed by atoms with Gasteiger partial charge < -0.3 is 10.1 Å². The number of carbonyl (C=O) groups is 1. The third kappa shape index (κ3) is 5.26. The molecule has 0 aliphatic heterocycles. The van der Waals surface area contributed by atoms with Gasteiger partial charge >= 0.3 is 0 Å². The van der Waals surface area contributed by atoms with Crippen molar-refractivity contribution in [2.75, 3.05) is 5.32 Å². The topological polar surface area (TPSA) is 74.0 Å². The number of aryl methyl sites for hydroxylation is 3. The van der Waals surface area contributed by atoms with Crippen LogP contribution < -0.4 is 10.1 Å². The van der Waals surface area contributed by atoms with E-state index in [4.69, 9.17) is 16.3 Å². The molecule has 0 spiro atoms. The van der Waals surface area contributed by atoms with Crippen LogP contribution in [0, 0.1) is 27.7 Å². The molecular weight excluding hydrogens is 438 g/mol. The Balaban J connectivity index is 1.42. The highest BCUT2D eigenvalue weighted by Crippen LogP contribution is 2.22. The quantitative estimate of drug-likeness (QED) is 0.403. The summed E-state index contributed by atoms with van der Waals surface area (Å²) in [6, 6.07) is 15.3. The van der Waals surface area contributed by atoms with Gasteiger partial charge in [-0.2, -0.15) is 10.2 Å². The van der Waals surface area contributed by atoms with Crippen LogP contribution in [0.2, 0.25) is 5.02 Å². The summed E-state index contributed by atoms with van der Waals surface area (Å²) in [4.78, 5) is 12.8. The van der Waals surface area contributed by atoms with E-state index >= 15 is 0 Å². The third-order valence-electron chi connectivity index (χ3n) is 5.40. The summed E-state index contributed by atoms with van der Waals surface area (Å²) < 4.78 is 9.29. The zero-order valence-electron chi connectivity index (χ0n) is 19.1. The van der Waals surface area contributed by atoms with Gasteiger partial charge in [-0.1, -0.05) is 41.4 Å². The monoisotopic (exact) mass is 463 g/mol. The zero-order valence-corrected chi connectivity index (χ0v) is 19.8. The first-order chi connectivity index (χ1) is 15.8. The van der Waals surface area contributed by atoms with Gasteiger partial charge in [-0.15, -0.1) is 0 Å². The average Bonchev–Trinajstić information content (AvgIpc) is 3.34. The van der Waals surface area contributed by atoms with Gasteiger partial charge in [0, 0.05) is 11.2 Å². The molecule has 0 fully saturated rings. The van der Waals surface area contributed by atoms with Crippen molar-refractivity contribution in [3.8, 4) is 5.75 Å². The summed E-state index contributed by atoms with van der Waals surface area (Å²) in [6.07, 6.45) is 1.72. The minimum Gasteiger partial charge on any atom is -0.471 e. The molecule has 0 saturated heterocycles. The highest BCUT2D eigenvalue weighted by atomic mass is 35.5. The van der Waals surface area contributed by atoms with Gasteiger partial charge in [0.05, 0.1) is 23.6 Å². The molecule has 2 aromatic heterocycles. The predicted octanol–water partition coefficient (Wildman–Crippen LogP) is 5.30. The fourth-order valence-corrected chi connectivity index (χ4v) is 3.88. The van der Waals surface area contributed by atoms with Crippen LogP contribution in [0.4, 0.5) is 5.69 Å². The van der Waals surface area contributed by atoms with E-state index in [-0.39, 0.29) is 12.6 Å². The molecule has 0 aliphatic rings. The van der Waals surface area contributed by atoms with Crippen LogP contribution in [-0.2, 0) is 13.3 Å². The minimum atomic E-state index is -0.297. The van der Waals surface area contributed by atoms with Gasteiger partial charge in [-0.05, 0) is 63.1 Å². The second-order valence-electron chi connectivity index (χ2n) is 8.07. The lowest BCUT2D eigenvalue weighted by Crippen LogP contribution is -2.15. The van der Waals surface area contributed by atoms with E-state index in [1.165, 1.54) is 5.56 Å². The molecule has 7 nitrogen and oxygen atoms in total. The number of hydrogen-bond acceptors (Lipinski definition) is 4. The van der Waals surface area contributed by atoms with E-state index in [1.54, 1.807) is 16.9 Å². The number of nitrogens with zero attached hydrogens (tertiary/aromatic N) is 4. The fourth-order valence-electron chi connectivity index (χ4n) is 3.67. The van der Waals surface area contributed by atoms with Crippen molar-refractivity contribution in [2.24, 2.45) is 0 Å². The van der Waals surface area contributed by atoms with Crippen molar-refractivity contribution in [1.29, 1.82) is 0 Å². The number of hydrogen-bond donors (Lipinski definition) is 1. The number of benzene rings is 2. The number of nitrogens with one attached hydrogen (secondary N) is 1. The van der Waals surface area contributed by atoms with Crippen molar-refractivity contribution in [3.05, 3.63) is 93.5 Å². The Labute approximate surface area is 197 Å². The summed E-state index contributed by atoms with van der Waals surface area (Å²) in [7, 11) is 0. The van der Waals surface area contributed by atoms with Crippen LogP contribution in [0.25, 0.3) is 0 Å². The van der Waals surface area contributed by atoms with E-state index in [2.05, 4.69) is 21.6 Å². The largest absolute Gasteiger partial charge is 0.471 e. The number of aromatic nitrogens is 4.